The van der Waals surface area contributed by atoms with E-state index in [1.54, 1.807) is 24.5 Å². The fourth-order valence-corrected chi connectivity index (χ4v) is 1.54. The Balaban J connectivity index is 1.84. The number of pyridine rings is 1. The van der Waals surface area contributed by atoms with Crippen LogP contribution >= 0.6 is 0 Å². The third kappa shape index (κ3) is 5.23. The van der Waals surface area contributed by atoms with Crippen molar-refractivity contribution in [2.45, 2.75) is 6.54 Å². The van der Waals surface area contributed by atoms with E-state index in [0.29, 0.717) is 6.07 Å². The molecule has 0 fully saturated rings. The number of benzene rings is 1. The van der Waals surface area contributed by atoms with Crippen LogP contribution in [0, 0.1) is 11.6 Å². The van der Waals surface area contributed by atoms with Crippen LogP contribution in [0.25, 0.3) is 0 Å². The zero-order chi connectivity index (χ0) is 16.7. The van der Waals surface area contributed by atoms with Gasteiger partial charge < -0.3 is 10.6 Å². The minimum absolute atomic E-state index is 0.189. The molecule has 0 saturated carbocycles. The highest BCUT2D eigenvalue weighted by molar-refractivity contribution is 5.90. The van der Waals surface area contributed by atoms with Gasteiger partial charge in [0.15, 0.2) is 0 Å². The van der Waals surface area contributed by atoms with Crippen molar-refractivity contribution in [3.8, 4) is 0 Å². The van der Waals surface area contributed by atoms with E-state index in [9.17, 15) is 18.4 Å². The molecule has 0 aliphatic carbocycles. The molecule has 2 N–H and O–H groups in total. The number of aromatic nitrogens is 1. The number of halogens is 2. The lowest BCUT2D eigenvalue weighted by atomic mass is 10.3. The number of urea groups is 2. The predicted octanol–water partition coefficient (Wildman–Crippen LogP) is 3.25. The summed E-state index contributed by atoms with van der Waals surface area (Å²) in [6.07, 6.45) is 3.13. The van der Waals surface area contributed by atoms with Crippen LogP contribution in [0.1, 0.15) is 5.56 Å². The molecule has 0 bridgehead atoms. The SMILES string of the molecule is O=C(/N=N/C(=O)Nc1ccc(F)cc1F)NCc1ccncc1. The van der Waals surface area contributed by atoms with E-state index in [0.717, 1.165) is 17.7 Å². The molecule has 0 saturated heterocycles. The van der Waals surface area contributed by atoms with Crippen LogP contribution in [0.2, 0.25) is 0 Å². The van der Waals surface area contributed by atoms with Gasteiger partial charge in [0.05, 0.1) is 5.69 Å². The molecule has 23 heavy (non-hydrogen) atoms. The molecule has 4 amide bonds. The van der Waals surface area contributed by atoms with Crippen LogP contribution in [0.3, 0.4) is 0 Å². The van der Waals surface area contributed by atoms with Gasteiger partial charge in [0.2, 0.25) is 0 Å². The van der Waals surface area contributed by atoms with Crippen LogP contribution < -0.4 is 10.6 Å². The maximum atomic E-state index is 13.3. The second-order valence-electron chi connectivity index (χ2n) is 4.27. The van der Waals surface area contributed by atoms with Crippen molar-refractivity contribution in [1.82, 2.24) is 10.3 Å². The largest absolute Gasteiger partial charge is 0.364 e. The molecule has 0 spiro atoms. The Labute approximate surface area is 129 Å². The molecule has 0 atom stereocenters. The Morgan fingerprint density at radius 1 is 1.04 bits per heavy atom. The lowest BCUT2D eigenvalue weighted by Gasteiger charge is -2.02. The van der Waals surface area contributed by atoms with E-state index < -0.39 is 23.7 Å². The summed E-state index contributed by atoms with van der Waals surface area (Å²) in [5.74, 6) is -1.74. The van der Waals surface area contributed by atoms with Gasteiger partial charge in [-0.2, -0.15) is 0 Å². The number of nitrogens with zero attached hydrogens (tertiary/aromatic N) is 3. The topological polar surface area (TPSA) is 95.8 Å². The molecular formula is C14H11F2N5O2. The van der Waals surface area contributed by atoms with Gasteiger partial charge in [0, 0.05) is 25.0 Å². The molecular weight excluding hydrogens is 308 g/mol. The molecule has 2 rings (SSSR count). The summed E-state index contributed by atoms with van der Waals surface area (Å²) in [5, 5.41) is 10.7. The van der Waals surface area contributed by atoms with Crippen LogP contribution in [0.15, 0.2) is 53.0 Å². The fraction of sp³-hybridized carbons (Fsp3) is 0.0714. The first kappa shape index (κ1) is 16.1. The summed E-state index contributed by atoms with van der Waals surface area (Å²) >= 11 is 0. The van der Waals surface area contributed by atoms with E-state index in [1.165, 1.54) is 0 Å². The summed E-state index contributed by atoms with van der Waals surface area (Å²) in [6, 6.07) is 4.10. The van der Waals surface area contributed by atoms with Crippen molar-refractivity contribution in [1.29, 1.82) is 0 Å². The molecule has 1 heterocycles. The van der Waals surface area contributed by atoms with Gasteiger partial charge in [-0.05, 0) is 29.8 Å². The normalized spacial score (nSPS) is 10.5. The molecule has 118 valence electrons. The number of anilines is 1. The fourth-order valence-electron chi connectivity index (χ4n) is 1.54. The third-order valence-corrected chi connectivity index (χ3v) is 2.60. The van der Waals surface area contributed by atoms with Gasteiger partial charge in [-0.3, -0.25) is 4.98 Å². The summed E-state index contributed by atoms with van der Waals surface area (Å²) in [5.41, 5.74) is 0.522. The predicted molar refractivity (Wildman–Crippen MR) is 76.7 cm³/mol. The number of hydrogen-bond acceptors (Lipinski definition) is 3. The monoisotopic (exact) mass is 319 g/mol. The Bertz CT molecular complexity index is 737. The maximum absolute atomic E-state index is 13.3. The van der Waals surface area contributed by atoms with Crippen LogP contribution in [0.4, 0.5) is 24.1 Å². The molecule has 0 aliphatic heterocycles. The summed E-state index contributed by atoms with van der Waals surface area (Å²) in [4.78, 5) is 26.6. The highest BCUT2D eigenvalue weighted by atomic mass is 19.1. The summed E-state index contributed by atoms with van der Waals surface area (Å²) in [6.45, 7) is 0.189. The van der Waals surface area contributed by atoms with Gasteiger partial charge >= 0.3 is 12.1 Å². The lowest BCUT2D eigenvalue weighted by molar-refractivity contribution is 0.244. The Kier molecular flexibility index (Phi) is 5.40. The van der Waals surface area contributed by atoms with Crippen molar-refractivity contribution in [2.24, 2.45) is 10.2 Å². The zero-order valence-electron chi connectivity index (χ0n) is 11.7. The number of azo groups is 1. The van der Waals surface area contributed by atoms with Gasteiger partial charge in [-0.25, -0.2) is 18.4 Å². The minimum Gasteiger partial charge on any atom is -0.331 e. The Hall–Kier alpha value is -3.23. The first-order valence-corrected chi connectivity index (χ1v) is 6.39. The quantitative estimate of drug-likeness (QED) is 0.850. The van der Waals surface area contributed by atoms with E-state index in [2.05, 4.69) is 20.5 Å². The smallest absolute Gasteiger partial charge is 0.331 e. The Morgan fingerprint density at radius 2 is 1.74 bits per heavy atom. The minimum atomic E-state index is -1.06. The first-order valence-electron chi connectivity index (χ1n) is 6.39. The first-order chi connectivity index (χ1) is 11.0. The van der Waals surface area contributed by atoms with Crippen molar-refractivity contribution < 1.29 is 18.4 Å². The second kappa shape index (κ2) is 7.69. The van der Waals surface area contributed by atoms with Gasteiger partial charge in [-0.1, -0.05) is 10.2 Å². The highest BCUT2D eigenvalue weighted by Gasteiger charge is 2.07. The van der Waals surface area contributed by atoms with E-state index in [1.807, 2.05) is 5.32 Å². The van der Waals surface area contributed by atoms with Gasteiger partial charge in [-0.15, -0.1) is 0 Å². The molecule has 2 aromatic rings. The van der Waals surface area contributed by atoms with Crippen LogP contribution in [-0.4, -0.2) is 17.0 Å². The average molecular weight is 319 g/mol. The van der Waals surface area contributed by atoms with Crippen LogP contribution in [0.5, 0.6) is 0 Å². The van der Waals surface area contributed by atoms with Gasteiger partial charge in [0.25, 0.3) is 0 Å². The number of amides is 4. The van der Waals surface area contributed by atoms with E-state index in [4.69, 9.17) is 0 Å². The highest BCUT2D eigenvalue weighted by Crippen LogP contribution is 2.14. The molecule has 1 aromatic heterocycles. The standard InChI is InChI=1S/C14H11F2N5O2/c15-10-1-2-12(11(16)7-10)19-14(23)21-20-13(22)18-8-9-3-5-17-6-4-9/h1-7H,8H2,(H,18,22)(H,19,23)/b21-20+. The molecule has 0 radical (unpaired) electrons. The zero-order valence-corrected chi connectivity index (χ0v) is 11.7. The number of rotatable bonds is 3. The summed E-state index contributed by atoms with van der Waals surface area (Å²) in [7, 11) is 0. The third-order valence-electron chi connectivity index (χ3n) is 2.60. The number of nitrogens with one attached hydrogen (secondary N) is 2. The van der Waals surface area contributed by atoms with Crippen molar-refractivity contribution in [3.63, 3.8) is 0 Å². The number of carbonyl (C=O) groups is 2. The van der Waals surface area contributed by atoms with E-state index >= 15 is 0 Å². The molecule has 0 unspecified atom stereocenters. The second-order valence-corrected chi connectivity index (χ2v) is 4.27. The Morgan fingerprint density at radius 3 is 2.43 bits per heavy atom. The molecule has 0 aliphatic rings. The average Bonchev–Trinajstić information content (AvgIpc) is 2.54. The van der Waals surface area contributed by atoms with Crippen LogP contribution in [-0.2, 0) is 6.54 Å². The molecule has 9 heteroatoms. The van der Waals surface area contributed by atoms with Crippen molar-refractivity contribution >= 4 is 17.7 Å². The maximum Gasteiger partial charge on any atom is 0.364 e. The van der Waals surface area contributed by atoms with Crippen molar-refractivity contribution in [3.05, 3.63) is 59.9 Å². The van der Waals surface area contributed by atoms with E-state index in [-0.39, 0.29) is 12.2 Å². The number of hydrogen-bond donors (Lipinski definition) is 2. The molecule has 7 nitrogen and oxygen atoms in total. The molecule has 1 aromatic carbocycles. The van der Waals surface area contributed by atoms with Crippen molar-refractivity contribution in [2.75, 3.05) is 5.32 Å². The lowest BCUT2D eigenvalue weighted by Crippen LogP contribution is -2.19. The van der Waals surface area contributed by atoms with Gasteiger partial charge in [0.1, 0.15) is 11.6 Å². The summed E-state index contributed by atoms with van der Waals surface area (Å²) < 4.78 is 26.0. The number of carbonyl (C=O) groups excluding carboxylic acids is 2.